The number of hydrogen-bond acceptors (Lipinski definition) is 1. The van der Waals surface area contributed by atoms with E-state index in [1.54, 1.807) is 0 Å². The van der Waals surface area contributed by atoms with Crippen LogP contribution in [0.4, 0.5) is 5.69 Å². The number of amides is 1. The van der Waals surface area contributed by atoms with E-state index in [0.29, 0.717) is 12.3 Å². The fourth-order valence-corrected chi connectivity index (χ4v) is 2.39. The van der Waals surface area contributed by atoms with Crippen molar-refractivity contribution in [2.24, 2.45) is 5.92 Å². The third-order valence-corrected chi connectivity index (χ3v) is 3.65. The number of rotatable bonds is 3. The van der Waals surface area contributed by atoms with Crippen molar-refractivity contribution < 1.29 is 4.79 Å². The molecule has 0 aliphatic heterocycles. The van der Waals surface area contributed by atoms with Crippen LogP contribution in [-0.4, -0.2) is 5.91 Å². The van der Waals surface area contributed by atoms with Crippen molar-refractivity contribution in [3.8, 4) is 0 Å². The van der Waals surface area contributed by atoms with Crippen molar-refractivity contribution >= 4 is 34.2 Å². The summed E-state index contributed by atoms with van der Waals surface area (Å²) in [5.74, 6) is 0.544. The van der Waals surface area contributed by atoms with Crippen molar-refractivity contribution in [1.82, 2.24) is 0 Å². The topological polar surface area (TPSA) is 29.1 Å². The van der Waals surface area contributed by atoms with E-state index in [1.165, 1.54) is 0 Å². The Kier molecular flexibility index (Phi) is 3.98. The lowest BCUT2D eigenvalue weighted by Gasteiger charge is -2.09. The highest BCUT2D eigenvalue weighted by Gasteiger charge is 2.14. The number of para-hydroxylation sites is 1. The van der Waals surface area contributed by atoms with Gasteiger partial charge in [-0.05, 0) is 53.5 Å². The Bertz CT molecular complexity index is 414. The fraction of sp³-hybridized carbons (Fsp3) is 0.308. The SMILES string of the molecule is O=C(CC1C=CCC1)Nc1ccccc1I. The highest BCUT2D eigenvalue weighted by molar-refractivity contribution is 14.1. The zero-order valence-corrected chi connectivity index (χ0v) is 11.1. The molecule has 1 aliphatic carbocycles. The molecule has 84 valence electrons. The Balaban J connectivity index is 1.92. The number of hydrogen-bond donors (Lipinski definition) is 1. The number of carbonyl (C=O) groups is 1. The Hall–Kier alpha value is -0.840. The van der Waals surface area contributed by atoms with E-state index in [0.717, 1.165) is 22.1 Å². The molecule has 1 aromatic rings. The van der Waals surface area contributed by atoms with Gasteiger partial charge in [-0.3, -0.25) is 4.79 Å². The highest BCUT2D eigenvalue weighted by atomic mass is 127. The van der Waals surface area contributed by atoms with Gasteiger partial charge < -0.3 is 5.32 Å². The molecule has 1 aliphatic rings. The maximum atomic E-state index is 11.8. The van der Waals surface area contributed by atoms with Gasteiger partial charge in [0.05, 0.1) is 5.69 Å². The van der Waals surface area contributed by atoms with E-state index in [2.05, 4.69) is 40.1 Å². The van der Waals surface area contributed by atoms with Gasteiger partial charge in [-0.15, -0.1) is 0 Å². The van der Waals surface area contributed by atoms with Gasteiger partial charge in [-0.1, -0.05) is 24.3 Å². The van der Waals surface area contributed by atoms with Gasteiger partial charge in [0.2, 0.25) is 5.91 Å². The standard InChI is InChI=1S/C13H14INO/c14-11-7-3-4-8-12(11)15-13(16)9-10-5-1-2-6-10/h1,3-5,7-8,10H,2,6,9H2,(H,15,16). The number of benzene rings is 1. The van der Waals surface area contributed by atoms with E-state index in [4.69, 9.17) is 0 Å². The molecule has 2 rings (SSSR count). The van der Waals surface area contributed by atoms with Crippen molar-refractivity contribution in [2.75, 3.05) is 5.32 Å². The summed E-state index contributed by atoms with van der Waals surface area (Å²) in [6.07, 6.45) is 7.13. The van der Waals surface area contributed by atoms with E-state index in [9.17, 15) is 4.79 Å². The third kappa shape index (κ3) is 3.07. The maximum Gasteiger partial charge on any atom is 0.224 e. The second kappa shape index (κ2) is 5.48. The van der Waals surface area contributed by atoms with Crippen molar-refractivity contribution in [2.45, 2.75) is 19.3 Å². The fourth-order valence-electron chi connectivity index (χ4n) is 1.87. The lowest BCUT2D eigenvalue weighted by molar-refractivity contribution is -0.116. The minimum atomic E-state index is 0.112. The Morgan fingerprint density at radius 3 is 2.94 bits per heavy atom. The molecule has 0 radical (unpaired) electrons. The molecule has 0 aromatic heterocycles. The monoisotopic (exact) mass is 327 g/mol. The van der Waals surface area contributed by atoms with Gasteiger partial charge >= 0.3 is 0 Å². The van der Waals surface area contributed by atoms with Crippen molar-refractivity contribution in [3.63, 3.8) is 0 Å². The van der Waals surface area contributed by atoms with Gasteiger partial charge in [-0.25, -0.2) is 0 Å². The molecule has 0 heterocycles. The average molecular weight is 327 g/mol. The van der Waals surface area contributed by atoms with E-state index < -0.39 is 0 Å². The molecule has 0 bridgehead atoms. The molecule has 3 heteroatoms. The van der Waals surface area contributed by atoms with Crippen LogP contribution in [0.5, 0.6) is 0 Å². The summed E-state index contributed by atoms with van der Waals surface area (Å²) in [6, 6.07) is 7.83. The van der Waals surface area contributed by atoms with Gasteiger partial charge in [-0.2, -0.15) is 0 Å². The van der Waals surface area contributed by atoms with Crippen molar-refractivity contribution in [1.29, 1.82) is 0 Å². The summed E-state index contributed by atoms with van der Waals surface area (Å²) in [4.78, 5) is 11.8. The van der Waals surface area contributed by atoms with Crippen LogP contribution >= 0.6 is 22.6 Å². The van der Waals surface area contributed by atoms with Crippen LogP contribution in [0.3, 0.4) is 0 Å². The van der Waals surface area contributed by atoms with E-state index >= 15 is 0 Å². The summed E-state index contributed by atoms with van der Waals surface area (Å²) < 4.78 is 1.08. The lowest BCUT2D eigenvalue weighted by atomic mass is 10.1. The number of anilines is 1. The molecule has 0 saturated carbocycles. The molecule has 0 fully saturated rings. The highest BCUT2D eigenvalue weighted by Crippen LogP contribution is 2.22. The molecule has 0 saturated heterocycles. The van der Waals surface area contributed by atoms with E-state index in [1.807, 2.05) is 24.3 Å². The number of halogens is 1. The average Bonchev–Trinajstić information content (AvgIpc) is 2.74. The molecule has 1 unspecified atom stereocenters. The zero-order valence-electron chi connectivity index (χ0n) is 8.95. The first kappa shape index (κ1) is 11.6. The predicted molar refractivity (Wildman–Crippen MR) is 74.3 cm³/mol. The Labute approximate surface area is 109 Å². The quantitative estimate of drug-likeness (QED) is 0.667. The molecular weight excluding hydrogens is 313 g/mol. The maximum absolute atomic E-state index is 11.8. The molecule has 16 heavy (non-hydrogen) atoms. The number of carbonyl (C=O) groups excluding carboxylic acids is 1. The largest absolute Gasteiger partial charge is 0.325 e. The van der Waals surface area contributed by atoms with Crippen LogP contribution in [-0.2, 0) is 4.79 Å². The molecule has 1 amide bonds. The number of nitrogens with one attached hydrogen (secondary N) is 1. The smallest absolute Gasteiger partial charge is 0.224 e. The van der Waals surface area contributed by atoms with Crippen LogP contribution < -0.4 is 5.32 Å². The number of allylic oxidation sites excluding steroid dienone is 2. The molecule has 1 atom stereocenters. The van der Waals surface area contributed by atoms with E-state index in [-0.39, 0.29) is 5.91 Å². The molecule has 1 N–H and O–H groups in total. The minimum absolute atomic E-state index is 0.112. The second-order valence-electron chi connectivity index (χ2n) is 4.00. The molecule has 1 aromatic carbocycles. The van der Waals surface area contributed by atoms with Gasteiger partial charge in [0.1, 0.15) is 0 Å². The summed E-state index contributed by atoms with van der Waals surface area (Å²) >= 11 is 2.23. The minimum Gasteiger partial charge on any atom is -0.325 e. The Morgan fingerprint density at radius 2 is 2.25 bits per heavy atom. The summed E-state index contributed by atoms with van der Waals surface area (Å²) in [6.45, 7) is 0. The summed E-state index contributed by atoms with van der Waals surface area (Å²) in [5, 5.41) is 2.96. The predicted octanol–water partition coefficient (Wildman–Crippen LogP) is 3.59. The molecule has 2 nitrogen and oxygen atoms in total. The van der Waals surface area contributed by atoms with Crippen LogP contribution in [0, 0.1) is 9.49 Å². The van der Waals surface area contributed by atoms with Crippen LogP contribution in [0.2, 0.25) is 0 Å². The van der Waals surface area contributed by atoms with Crippen LogP contribution in [0.1, 0.15) is 19.3 Å². The lowest BCUT2D eigenvalue weighted by Crippen LogP contribution is -2.15. The van der Waals surface area contributed by atoms with Gasteiger partial charge in [0.15, 0.2) is 0 Å². The summed E-state index contributed by atoms with van der Waals surface area (Å²) in [7, 11) is 0. The molecule has 0 spiro atoms. The zero-order chi connectivity index (χ0) is 11.4. The first-order valence-corrected chi connectivity index (χ1v) is 6.54. The molecular formula is C13H14INO. The summed E-state index contributed by atoms with van der Waals surface area (Å²) in [5.41, 5.74) is 0.912. The Morgan fingerprint density at radius 1 is 1.44 bits per heavy atom. The van der Waals surface area contributed by atoms with Gasteiger partial charge in [0, 0.05) is 9.99 Å². The normalized spacial score (nSPS) is 18.7. The van der Waals surface area contributed by atoms with Gasteiger partial charge in [0.25, 0.3) is 0 Å². The third-order valence-electron chi connectivity index (χ3n) is 2.71. The van der Waals surface area contributed by atoms with Crippen molar-refractivity contribution in [3.05, 3.63) is 40.0 Å². The first-order chi connectivity index (χ1) is 7.75. The first-order valence-electron chi connectivity index (χ1n) is 5.47. The van der Waals surface area contributed by atoms with Crippen LogP contribution in [0.15, 0.2) is 36.4 Å². The van der Waals surface area contributed by atoms with Crippen LogP contribution in [0.25, 0.3) is 0 Å². The second-order valence-corrected chi connectivity index (χ2v) is 5.16.